The summed E-state index contributed by atoms with van der Waals surface area (Å²) in [6.07, 6.45) is 2.23. The molecular formula is C21H21N5O2S3. The van der Waals surface area contributed by atoms with Crippen LogP contribution in [-0.4, -0.2) is 44.9 Å². The van der Waals surface area contributed by atoms with Crippen LogP contribution in [0.15, 0.2) is 51.8 Å². The molecule has 0 radical (unpaired) electrons. The van der Waals surface area contributed by atoms with E-state index in [-0.39, 0.29) is 17.8 Å². The Balaban J connectivity index is 1.44. The number of nitrogens with one attached hydrogen (secondary N) is 1. The number of nitriles is 1. The van der Waals surface area contributed by atoms with Crippen molar-refractivity contribution in [1.29, 1.82) is 5.26 Å². The van der Waals surface area contributed by atoms with Gasteiger partial charge in [-0.15, -0.1) is 33.3 Å². The standard InChI is InChI=1S/C21H21N5O2S3/c22-9-12-30-17-7-2-1-6-16(17)23-19(27)14-31-21-25-24-20(18-8-4-11-29-18)26(21)13-15-5-3-10-28-15/h1-2,4,6-8,11,15H,3,5,10,12-14H2,(H,23,27). The maximum absolute atomic E-state index is 12.6. The zero-order valence-corrected chi connectivity index (χ0v) is 19.1. The van der Waals surface area contributed by atoms with Crippen LogP contribution in [0.3, 0.4) is 0 Å². The Morgan fingerprint density at radius 3 is 2.97 bits per heavy atom. The molecule has 0 saturated carbocycles. The van der Waals surface area contributed by atoms with Gasteiger partial charge in [-0.2, -0.15) is 5.26 Å². The van der Waals surface area contributed by atoms with Crippen LogP contribution in [0.25, 0.3) is 10.7 Å². The first-order valence-corrected chi connectivity index (χ1v) is 12.7. The number of hydrogen-bond acceptors (Lipinski definition) is 8. The van der Waals surface area contributed by atoms with Crippen LogP contribution in [-0.2, 0) is 16.1 Å². The van der Waals surface area contributed by atoms with E-state index in [9.17, 15) is 4.79 Å². The number of nitrogens with zero attached hydrogens (tertiary/aromatic N) is 4. The van der Waals surface area contributed by atoms with Crippen LogP contribution in [0.4, 0.5) is 5.69 Å². The smallest absolute Gasteiger partial charge is 0.234 e. The third kappa shape index (κ3) is 5.68. The second-order valence-electron chi connectivity index (χ2n) is 6.81. The van der Waals surface area contributed by atoms with Crippen LogP contribution in [0.1, 0.15) is 12.8 Å². The van der Waals surface area contributed by atoms with Gasteiger partial charge in [-0.05, 0) is 36.4 Å². The molecule has 1 amide bonds. The Morgan fingerprint density at radius 1 is 1.29 bits per heavy atom. The normalized spacial score (nSPS) is 15.6. The van der Waals surface area contributed by atoms with Crippen molar-refractivity contribution in [3.63, 3.8) is 0 Å². The minimum absolute atomic E-state index is 0.126. The Kier molecular flexibility index (Phi) is 7.64. The van der Waals surface area contributed by atoms with Gasteiger partial charge in [0.05, 0.1) is 40.8 Å². The fourth-order valence-electron chi connectivity index (χ4n) is 3.26. The van der Waals surface area contributed by atoms with Crippen LogP contribution >= 0.6 is 34.9 Å². The number of benzene rings is 1. The van der Waals surface area contributed by atoms with Crippen molar-refractivity contribution in [3.8, 4) is 16.8 Å². The minimum Gasteiger partial charge on any atom is -0.376 e. The van der Waals surface area contributed by atoms with Crippen molar-refractivity contribution in [1.82, 2.24) is 14.8 Å². The van der Waals surface area contributed by atoms with Crippen LogP contribution in [0.2, 0.25) is 0 Å². The van der Waals surface area contributed by atoms with Crippen molar-refractivity contribution >= 4 is 46.5 Å². The number of para-hydroxylation sites is 1. The summed E-state index contributed by atoms with van der Waals surface area (Å²) in [5.74, 6) is 1.23. The highest BCUT2D eigenvalue weighted by molar-refractivity contribution is 8.00. The topological polar surface area (TPSA) is 92.8 Å². The van der Waals surface area contributed by atoms with Crippen LogP contribution in [0, 0.1) is 11.3 Å². The number of carbonyl (C=O) groups is 1. The molecule has 1 fully saturated rings. The molecule has 160 valence electrons. The highest BCUT2D eigenvalue weighted by Crippen LogP contribution is 2.30. The van der Waals surface area contributed by atoms with E-state index >= 15 is 0 Å². The Hall–Kier alpha value is -2.32. The number of aromatic nitrogens is 3. The fourth-order valence-corrected chi connectivity index (χ4v) is 5.40. The number of thiophene rings is 1. The lowest BCUT2D eigenvalue weighted by Gasteiger charge is -2.14. The van der Waals surface area contributed by atoms with Crippen molar-refractivity contribution in [2.75, 3.05) is 23.4 Å². The van der Waals surface area contributed by atoms with Gasteiger partial charge < -0.3 is 10.1 Å². The molecule has 4 rings (SSSR count). The van der Waals surface area contributed by atoms with Gasteiger partial charge in [-0.25, -0.2) is 0 Å². The van der Waals surface area contributed by atoms with E-state index < -0.39 is 0 Å². The molecule has 1 unspecified atom stereocenters. The predicted molar refractivity (Wildman–Crippen MR) is 124 cm³/mol. The van der Waals surface area contributed by atoms with E-state index in [0.717, 1.165) is 35.0 Å². The maximum Gasteiger partial charge on any atom is 0.234 e. The van der Waals surface area contributed by atoms with Gasteiger partial charge >= 0.3 is 0 Å². The number of thioether (sulfide) groups is 2. The summed E-state index contributed by atoms with van der Waals surface area (Å²) in [6, 6.07) is 13.6. The molecule has 7 nitrogen and oxygen atoms in total. The van der Waals surface area contributed by atoms with Crippen LogP contribution < -0.4 is 5.32 Å². The van der Waals surface area contributed by atoms with Gasteiger partial charge in [0, 0.05) is 11.5 Å². The quantitative estimate of drug-likeness (QED) is 0.458. The van der Waals surface area contributed by atoms with Gasteiger partial charge in [0.15, 0.2) is 11.0 Å². The number of hydrogen-bond donors (Lipinski definition) is 1. The molecular weight excluding hydrogens is 450 g/mol. The molecule has 3 heterocycles. The molecule has 31 heavy (non-hydrogen) atoms. The molecule has 1 saturated heterocycles. The third-order valence-corrected chi connectivity index (χ3v) is 7.43. The minimum atomic E-state index is -0.126. The summed E-state index contributed by atoms with van der Waals surface area (Å²) < 4.78 is 7.88. The summed E-state index contributed by atoms with van der Waals surface area (Å²) in [5.41, 5.74) is 0.716. The molecule has 0 spiro atoms. The Morgan fingerprint density at radius 2 is 2.19 bits per heavy atom. The van der Waals surface area contributed by atoms with Gasteiger partial charge in [-0.1, -0.05) is 30.0 Å². The van der Waals surface area contributed by atoms with Gasteiger partial charge in [0.25, 0.3) is 0 Å². The number of anilines is 1. The van der Waals surface area contributed by atoms with Crippen molar-refractivity contribution in [2.24, 2.45) is 0 Å². The lowest BCUT2D eigenvalue weighted by molar-refractivity contribution is -0.113. The molecule has 2 aromatic heterocycles. The van der Waals surface area contributed by atoms with E-state index in [1.165, 1.54) is 23.5 Å². The van der Waals surface area contributed by atoms with Crippen molar-refractivity contribution in [2.45, 2.75) is 35.5 Å². The monoisotopic (exact) mass is 471 g/mol. The highest BCUT2D eigenvalue weighted by atomic mass is 32.2. The lowest BCUT2D eigenvalue weighted by atomic mass is 10.2. The number of rotatable bonds is 9. The number of carbonyl (C=O) groups excluding carboxylic acids is 1. The zero-order chi connectivity index (χ0) is 21.5. The third-order valence-electron chi connectivity index (χ3n) is 4.65. The molecule has 1 aliphatic heterocycles. The average Bonchev–Trinajstić information content (AvgIpc) is 3.54. The zero-order valence-electron chi connectivity index (χ0n) is 16.7. The molecule has 0 bridgehead atoms. The predicted octanol–water partition coefficient (Wildman–Crippen LogP) is 4.53. The summed E-state index contributed by atoms with van der Waals surface area (Å²) in [4.78, 5) is 14.5. The summed E-state index contributed by atoms with van der Waals surface area (Å²) in [6.45, 7) is 1.47. The second-order valence-corrected chi connectivity index (χ2v) is 9.72. The lowest BCUT2D eigenvalue weighted by Crippen LogP contribution is -2.18. The molecule has 10 heteroatoms. The fraction of sp³-hybridized carbons (Fsp3) is 0.333. The molecule has 1 N–H and O–H groups in total. The first kappa shape index (κ1) is 21.9. The second kappa shape index (κ2) is 10.8. The summed E-state index contributed by atoms with van der Waals surface area (Å²) in [5, 5.41) is 23.2. The van der Waals surface area contributed by atoms with Crippen molar-refractivity contribution in [3.05, 3.63) is 41.8 Å². The first-order chi connectivity index (χ1) is 15.2. The van der Waals surface area contributed by atoms with Gasteiger partial charge in [-0.3, -0.25) is 9.36 Å². The van der Waals surface area contributed by atoms with E-state index in [1.807, 2.05) is 41.8 Å². The average molecular weight is 472 g/mol. The number of ether oxygens (including phenoxy) is 1. The van der Waals surface area contributed by atoms with Crippen molar-refractivity contribution < 1.29 is 9.53 Å². The first-order valence-electron chi connectivity index (χ1n) is 9.84. The van der Waals surface area contributed by atoms with E-state index in [2.05, 4.69) is 26.2 Å². The summed E-state index contributed by atoms with van der Waals surface area (Å²) in [7, 11) is 0. The molecule has 0 aliphatic carbocycles. The van der Waals surface area contributed by atoms with Crippen LogP contribution in [0.5, 0.6) is 0 Å². The Labute approximate surface area is 193 Å². The largest absolute Gasteiger partial charge is 0.376 e. The number of amides is 1. The molecule has 1 aliphatic rings. The SMILES string of the molecule is N#CCSc1ccccc1NC(=O)CSc1nnc(-c2cccs2)n1CC1CCCO1. The summed E-state index contributed by atoms with van der Waals surface area (Å²) >= 11 is 4.39. The van der Waals surface area contributed by atoms with E-state index in [4.69, 9.17) is 10.00 Å². The molecule has 3 aromatic rings. The molecule has 1 atom stereocenters. The van der Waals surface area contributed by atoms with E-state index in [0.29, 0.717) is 23.1 Å². The molecule has 1 aromatic carbocycles. The van der Waals surface area contributed by atoms with E-state index in [1.54, 1.807) is 11.3 Å². The maximum atomic E-state index is 12.6. The van der Waals surface area contributed by atoms with Gasteiger partial charge in [0.1, 0.15) is 0 Å². The van der Waals surface area contributed by atoms with Gasteiger partial charge in [0.2, 0.25) is 5.91 Å². The highest BCUT2D eigenvalue weighted by Gasteiger charge is 2.22. The Bertz CT molecular complexity index is 1060.